The maximum atomic E-state index is 12.3. The fourth-order valence-electron chi connectivity index (χ4n) is 2.56. The Morgan fingerprint density at radius 2 is 1.88 bits per heavy atom. The predicted octanol–water partition coefficient (Wildman–Crippen LogP) is 4.44. The SMILES string of the molecule is COc1ccc(OC(=O)CCc2cccc([N+](=O)[O-])c2)c(C(C)(C)C)c1. The first-order valence-corrected chi connectivity index (χ1v) is 8.33. The van der Waals surface area contributed by atoms with Gasteiger partial charge in [0.25, 0.3) is 5.69 Å². The van der Waals surface area contributed by atoms with Crippen molar-refractivity contribution in [3.63, 3.8) is 0 Å². The van der Waals surface area contributed by atoms with E-state index >= 15 is 0 Å². The Morgan fingerprint density at radius 1 is 1.15 bits per heavy atom. The van der Waals surface area contributed by atoms with Crippen LogP contribution in [0.15, 0.2) is 42.5 Å². The number of rotatable bonds is 6. The number of carbonyl (C=O) groups excluding carboxylic acids is 1. The maximum Gasteiger partial charge on any atom is 0.311 e. The third-order valence-corrected chi connectivity index (χ3v) is 3.96. The summed E-state index contributed by atoms with van der Waals surface area (Å²) in [5.41, 5.74) is 1.40. The molecule has 0 radical (unpaired) electrons. The second-order valence-corrected chi connectivity index (χ2v) is 7.01. The molecule has 2 aromatic rings. The zero-order chi connectivity index (χ0) is 19.3. The minimum Gasteiger partial charge on any atom is -0.497 e. The molecule has 0 unspecified atom stereocenters. The van der Waals surface area contributed by atoms with Gasteiger partial charge in [-0.25, -0.2) is 0 Å². The number of nitro benzene ring substituents is 1. The van der Waals surface area contributed by atoms with Crippen molar-refractivity contribution >= 4 is 11.7 Å². The molecule has 0 bridgehead atoms. The highest BCUT2D eigenvalue weighted by Crippen LogP contribution is 2.34. The molecule has 0 saturated carbocycles. The van der Waals surface area contributed by atoms with Crippen LogP contribution in [0.25, 0.3) is 0 Å². The summed E-state index contributed by atoms with van der Waals surface area (Å²) < 4.78 is 10.8. The normalized spacial score (nSPS) is 11.1. The van der Waals surface area contributed by atoms with Crippen LogP contribution in [0.2, 0.25) is 0 Å². The summed E-state index contributed by atoms with van der Waals surface area (Å²) >= 11 is 0. The van der Waals surface area contributed by atoms with Crippen molar-refractivity contribution in [3.8, 4) is 11.5 Å². The van der Waals surface area contributed by atoms with E-state index in [2.05, 4.69) is 0 Å². The summed E-state index contributed by atoms with van der Waals surface area (Å²) in [6, 6.07) is 11.6. The van der Waals surface area contributed by atoms with Crippen molar-refractivity contribution in [2.75, 3.05) is 7.11 Å². The largest absolute Gasteiger partial charge is 0.497 e. The second kappa shape index (κ2) is 7.99. The molecule has 0 saturated heterocycles. The van der Waals surface area contributed by atoms with Crippen molar-refractivity contribution < 1.29 is 19.2 Å². The van der Waals surface area contributed by atoms with E-state index in [1.54, 1.807) is 31.4 Å². The van der Waals surface area contributed by atoms with Crippen LogP contribution in [0.3, 0.4) is 0 Å². The lowest BCUT2D eigenvalue weighted by molar-refractivity contribution is -0.384. The molecule has 0 amide bonds. The summed E-state index contributed by atoms with van der Waals surface area (Å²) in [6.45, 7) is 6.09. The van der Waals surface area contributed by atoms with E-state index in [9.17, 15) is 14.9 Å². The highest BCUT2D eigenvalue weighted by Gasteiger charge is 2.21. The van der Waals surface area contributed by atoms with E-state index in [1.807, 2.05) is 26.8 Å². The molecule has 0 aliphatic heterocycles. The van der Waals surface area contributed by atoms with Crippen LogP contribution in [0, 0.1) is 10.1 Å². The molecule has 6 heteroatoms. The highest BCUT2D eigenvalue weighted by molar-refractivity contribution is 5.73. The molecule has 0 N–H and O–H groups in total. The van der Waals surface area contributed by atoms with Crippen LogP contribution in [-0.2, 0) is 16.6 Å². The van der Waals surface area contributed by atoms with E-state index in [0.29, 0.717) is 17.9 Å². The molecular formula is C20H23NO5. The summed E-state index contributed by atoms with van der Waals surface area (Å²) in [7, 11) is 1.59. The van der Waals surface area contributed by atoms with E-state index in [1.165, 1.54) is 12.1 Å². The molecule has 0 spiro atoms. The summed E-state index contributed by atoms with van der Waals surface area (Å²) in [5, 5.41) is 10.8. The van der Waals surface area contributed by atoms with E-state index in [0.717, 1.165) is 11.1 Å². The van der Waals surface area contributed by atoms with Crippen molar-refractivity contribution in [1.29, 1.82) is 0 Å². The first kappa shape index (κ1) is 19.4. The zero-order valence-electron chi connectivity index (χ0n) is 15.4. The number of nitro groups is 1. The lowest BCUT2D eigenvalue weighted by atomic mass is 9.86. The number of nitrogens with zero attached hydrogens (tertiary/aromatic N) is 1. The van der Waals surface area contributed by atoms with Crippen LogP contribution in [0.5, 0.6) is 11.5 Å². The van der Waals surface area contributed by atoms with Gasteiger partial charge in [-0.15, -0.1) is 0 Å². The van der Waals surface area contributed by atoms with Gasteiger partial charge < -0.3 is 9.47 Å². The van der Waals surface area contributed by atoms with Gasteiger partial charge in [0, 0.05) is 24.1 Å². The Morgan fingerprint density at radius 3 is 2.50 bits per heavy atom. The van der Waals surface area contributed by atoms with Crippen LogP contribution in [0.1, 0.15) is 38.3 Å². The first-order valence-electron chi connectivity index (χ1n) is 8.33. The van der Waals surface area contributed by atoms with Gasteiger partial charge in [0.15, 0.2) is 0 Å². The van der Waals surface area contributed by atoms with E-state index in [4.69, 9.17) is 9.47 Å². The van der Waals surface area contributed by atoms with Gasteiger partial charge in [0.2, 0.25) is 0 Å². The average molecular weight is 357 g/mol. The number of methoxy groups -OCH3 is 1. The number of esters is 1. The Bertz CT molecular complexity index is 808. The fraction of sp³-hybridized carbons (Fsp3) is 0.350. The van der Waals surface area contributed by atoms with Gasteiger partial charge in [-0.2, -0.15) is 0 Å². The zero-order valence-corrected chi connectivity index (χ0v) is 15.4. The van der Waals surface area contributed by atoms with Gasteiger partial charge in [-0.3, -0.25) is 14.9 Å². The maximum absolute atomic E-state index is 12.3. The fourth-order valence-corrected chi connectivity index (χ4v) is 2.56. The van der Waals surface area contributed by atoms with Gasteiger partial charge in [-0.1, -0.05) is 32.9 Å². The van der Waals surface area contributed by atoms with Crippen molar-refractivity contribution in [2.24, 2.45) is 0 Å². The smallest absolute Gasteiger partial charge is 0.311 e. The molecule has 0 aliphatic carbocycles. The number of benzene rings is 2. The second-order valence-electron chi connectivity index (χ2n) is 7.01. The summed E-state index contributed by atoms with van der Waals surface area (Å²) in [5.74, 6) is 0.820. The molecule has 0 atom stereocenters. The van der Waals surface area contributed by atoms with Crippen molar-refractivity contribution in [1.82, 2.24) is 0 Å². The lowest BCUT2D eigenvalue weighted by Crippen LogP contribution is -2.16. The number of hydrogen-bond acceptors (Lipinski definition) is 5. The quantitative estimate of drug-likeness (QED) is 0.330. The molecule has 0 heterocycles. The Kier molecular flexibility index (Phi) is 5.97. The minimum absolute atomic E-state index is 0.0149. The minimum atomic E-state index is -0.450. The number of hydrogen-bond donors (Lipinski definition) is 0. The van der Waals surface area contributed by atoms with Crippen LogP contribution in [0.4, 0.5) is 5.69 Å². The topological polar surface area (TPSA) is 78.7 Å². The summed E-state index contributed by atoms with van der Waals surface area (Å²) in [6.07, 6.45) is 0.512. The van der Waals surface area contributed by atoms with Gasteiger partial charge >= 0.3 is 5.97 Å². The molecule has 138 valence electrons. The van der Waals surface area contributed by atoms with E-state index in [-0.39, 0.29) is 23.5 Å². The van der Waals surface area contributed by atoms with Crippen LogP contribution in [-0.4, -0.2) is 18.0 Å². The molecule has 0 aromatic heterocycles. The third kappa shape index (κ3) is 5.05. The molecule has 2 rings (SSSR count). The van der Waals surface area contributed by atoms with Gasteiger partial charge in [0.05, 0.1) is 12.0 Å². The summed E-state index contributed by atoms with van der Waals surface area (Å²) in [4.78, 5) is 22.6. The Labute approximate surface area is 152 Å². The lowest BCUT2D eigenvalue weighted by Gasteiger charge is -2.23. The molecule has 26 heavy (non-hydrogen) atoms. The average Bonchev–Trinajstić information content (AvgIpc) is 2.59. The van der Waals surface area contributed by atoms with Crippen LogP contribution < -0.4 is 9.47 Å². The van der Waals surface area contributed by atoms with E-state index < -0.39 is 4.92 Å². The third-order valence-electron chi connectivity index (χ3n) is 3.96. The van der Waals surface area contributed by atoms with Crippen molar-refractivity contribution in [2.45, 2.75) is 39.0 Å². The molecular weight excluding hydrogens is 334 g/mol. The first-order chi connectivity index (χ1) is 12.2. The van der Waals surface area contributed by atoms with Crippen molar-refractivity contribution in [3.05, 3.63) is 63.7 Å². The monoisotopic (exact) mass is 357 g/mol. The Hall–Kier alpha value is -2.89. The number of aryl methyl sites for hydroxylation is 1. The number of ether oxygens (including phenoxy) is 2. The highest BCUT2D eigenvalue weighted by atomic mass is 16.6. The molecule has 0 fully saturated rings. The molecule has 0 aliphatic rings. The number of carbonyl (C=O) groups is 1. The number of non-ortho nitro benzene ring substituents is 1. The van der Waals surface area contributed by atoms with Gasteiger partial charge in [-0.05, 0) is 35.6 Å². The standard InChI is InChI=1S/C20H23NO5/c1-20(2,3)17-13-16(25-4)9-10-18(17)26-19(22)11-8-14-6-5-7-15(12-14)21(23)24/h5-7,9-10,12-13H,8,11H2,1-4H3. The molecule has 6 nitrogen and oxygen atoms in total. The van der Waals surface area contributed by atoms with Gasteiger partial charge in [0.1, 0.15) is 11.5 Å². The predicted molar refractivity (Wildman–Crippen MR) is 98.7 cm³/mol. The molecule has 2 aromatic carbocycles. The van der Waals surface area contributed by atoms with Crippen LogP contribution >= 0.6 is 0 Å². The Balaban J connectivity index is 2.08.